The lowest BCUT2D eigenvalue weighted by Gasteiger charge is -2.12. The first kappa shape index (κ1) is 13.2. The molecule has 2 aromatic rings. The molecule has 0 saturated carbocycles. The largest absolute Gasteiger partial charge is 0.339 e. The molecule has 0 amide bonds. The molecule has 1 heterocycles. The van der Waals surface area contributed by atoms with Gasteiger partial charge < -0.3 is 5.32 Å². The predicted molar refractivity (Wildman–Crippen MR) is 78.0 cm³/mol. The van der Waals surface area contributed by atoms with Crippen molar-refractivity contribution in [3.63, 3.8) is 0 Å². The zero-order valence-electron chi connectivity index (χ0n) is 10.5. The summed E-state index contributed by atoms with van der Waals surface area (Å²) in [5.74, 6) is 1.42. The van der Waals surface area contributed by atoms with Gasteiger partial charge in [-0.2, -0.15) is 0 Å². The minimum atomic E-state index is 0.492. The van der Waals surface area contributed by atoms with E-state index >= 15 is 0 Å². The Labute approximate surface area is 116 Å². The Balaban J connectivity index is 2.40. The molecule has 0 atom stereocenters. The SMILES string of the molecule is CSc1ccccc1Nc1nc(C)nc(Cl)c1C. The van der Waals surface area contributed by atoms with E-state index < -0.39 is 0 Å². The summed E-state index contributed by atoms with van der Waals surface area (Å²) in [6.07, 6.45) is 2.05. The number of aryl methyl sites for hydroxylation is 1. The third-order valence-electron chi connectivity index (χ3n) is 2.56. The number of anilines is 2. The molecule has 1 aromatic carbocycles. The summed E-state index contributed by atoms with van der Waals surface area (Å²) in [5, 5.41) is 3.81. The zero-order valence-corrected chi connectivity index (χ0v) is 12.1. The molecule has 0 aliphatic carbocycles. The number of nitrogens with one attached hydrogen (secondary N) is 1. The van der Waals surface area contributed by atoms with E-state index in [-0.39, 0.29) is 0 Å². The highest BCUT2D eigenvalue weighted by Crippen LogP contribution is 2.29. The van der Waals surface area contributed by atoms with Crippen LogP contribution in [0.25, 0.3) is 0 Å². The first-order valence-corrected chi connectivity index (χ1v) is 7.13. The Bertz CT molecular complexity index is 572. The van der Waals surface area contributed by atoms with Gasteiger partial charge in [0, 0.05) is 10.5 Å². The lowest BCUT2D eigenvalue weighted by molar-refractivity contribution is 1.03. The molecule has 0 fully saturated rings. The molecule has 0 aliphatic rings. The topological polar surface area (TPSA) is 37.8 Å². The van der Waals surface area contributed by atoms with Crippen molar-refractivity contribution in [1.29, 1.82) is 0 Å². The monoisotopic (exact) mass is 279 g/mol. The van der Waals surface area contributed by atoms with Gasteiger partial charge in [0.05, 0.1) is 5.69 Å². The van der Waals surface area contributed by atoms with Crippen molar-refractivity contribution in [2.75, 3.05) is 11.6 Å². The van der Waals surface area contributed by atoms with Crippen LogP contribution in [-0.4, -0.2) is 16.2 Å². The molecule has 0 radical (unpaired) electrons. The Morgan fingerprint density at radius 3 is 2.61 bits per heavy atom. The van der Waals surface area contributed by atoms with Crippen LogP contribution in [0.4, 0.5) is 11.5 Å². The fraction of sp³-hybridized carbons (Fsp3) is 0.231. The summed E-state index contributed by atoms with van der Waals surface area (Å²) >= 11 is 7.75. The van der Waals surface area contributed by atoms with Gasteiger partial charge in [0.1, 0.15) is 16.8 Å². The van der Waals surface area contributed by atoms with Crippen LogP contribution in [0.5, 0.6) is 0 Å². The van der Waals surface area contributed by atoms with Gasteiger partial charge in [0.15, 0.2) is 0 Å². The van der Waals surface area contributed by atoms with Crippen molar-refractivity contribution in [3.05, 3.63) is 40.8 Å². The molecular formula is C13H14ClN3S. The van der Waals surface area contributed by atoms with Crippen LogP contribution >= 0.6 is 23.4 Å². The maximum absolute atomic E-state index is 6.06. The normalized spacial score (nSPS) is 10.4. The number of para-hydroxylation sites is 1. The molecule has 1 N–H and O–H groups in total. The van der Waals surface area contributed by atoms with Crippen molar-refractivity contribution in [2.45, 2.75) is 18.7 Å². The van der Waals surface area contributed by atoms with Gasteiger partial charge in [0.25, 0.3) is 0 Å². The molecule has 3 nitrogen and oxygen atoms in total. The Hall–Kier alpha value is -1.26. The molecule has 0 unspecified atom stereocenters. The minimum Gasteiger partial charge on any atom is -0.339 e. The van der Waals surface area contributed by atoms with Crippen LogP contribution in [0.15, 0.2) is 29.2 Å². The molecule has 0 saturated heterocycles. The van der Waals surface area contributed by atoms with Crippen LogP contribution in [0.3, 0.4) is 0 Å². The second kappa shape index (κ2) is 5.59. The number of halogens is 1. The fourth-order valence-electron chi connectivity index (χ4n) is 1.59. The average Bonchev–Trinajstić information content (AvgIpc) is 2.36. The smallest absolute Gasteiger partial charge is 0.138 e. The number of thioether (sulfide) groups is 1. The third-order valence-corrected chi connectivity index (χ3v) is 3.72. The Morgan fingerprint density at radius 2 is 1.89 bits per heavy atom. The second-order valence-corrected chi connectivity index (χ2v) is 5.07. The van der Waals surface area contributed by atoms with E-state index in [9.17, 15) is 0 Å². The summed E-state index contributed by atoms with van der Waals surface area (Å²) in [5.41, 5.74) is 1.89. The van der Waals surface area contributed by atoms with E-state index in [2.05, 4.69) is 21.4 Å². The summed E-state index contributed by atoms with van der Waals surface area (Å²) < 4.78 is 0. The number of benzene rings is 1. The van der Waals surface area contributed by atoms with Gasteiger partial charge in [-0.1, -0.05) is 23.7 Å². The standard InChI is InChI=1S/C13H14ClN3S/c1-8-12(14)15-9(2)16-13(8)17-10-6-4-5-7-11(10)18-3/h4-7H,1-3H3,(H,15,16,17). The van der Waals surface area contributed by atoms with Crippen molar-refractivity contribution < 1.29 is 0 Å². The summed E-state index contributed by atoms with van der Waals surface area (Å²) in [6, 6.07) is 8.10. The lowest BCUT2D eigenvalue weighted by Crippen LogP contribution is -2.01. The molecular weight excluding hydrogens is 266 g/mol. The fourth-order valence-corrected chi connectivity index (χ4v) is 2.36. The summed E-state index contributed by atoms with van der Waals surface area (Å²) in [6.45, 7) is 3.74. The van der Waals surface area contributed by atoms with Gasteiger partial charge in [-0.15, -0.1) is 11.8 Å². The molecule has 2 rings (SSSR count). The number of hydrogen-bond donors (Lipinski definition) is 1. The quantitative estimate of drug-likeness (QED) is 0.674. The first-order valence-electron chi connectivity index (χ1n) is 5.52. The average molecular weight is 280 g/mol. The molecule has 18 heavy (non-hydrogen) atoms. The van der Waals surface area contributed by atoms with Crippen molar-refractivity contribution in [1.82, 2.24) is 9.97 Å². The van der Waals surface area contributed by atoms with Gasteiger partial charge in [0.2, 0.25) is 0 Å². The third kappa shape index (κ3) is 2.76. The van der Waals surface area contributed by atoms with Crippen LogP contribution in [-0.2, 0) is 0 Å². The van der Waals surface area contributed by atoms with E-state index in [1.54, 1.807) is 11.8 Å². The van der Waals surface area contributed by atoms with E-state index in [0.717, 1.165) is 17.1 Å². The summed E-state index contributed by atoms with van der Waals surface area (Å²) in [7, 11) is 0. The lowest BCUT2D eigenvalue weighted by atomic mass is 10.3. The number of aromatic nitrogens is 2. The highest BCUT2D eigenvalue weighted by molar-refractivity contribution is 7.98. The second-order valence-electron chi connectivity index (χ2n) is 3.86. The van der Waals surface area contributed by atoms with E-state index in [4.69, 9.17) is 11.6 Å². The zero-order chi connectivity index (χ0) is 13.1. The molecule has 94 valence electrons. The van der Waals surface area contributed by atoms with Crippen molar-refractivity contribution >= 4 is 34.9 Å². The molecule has 1 aromatic heterocycles. The van der Waals surface area contributed by atoms with Gasteiger partial charge in [-0.3, -0.25) is 0 Å². The van der Waals surface area contributed by atoms with Gasteiger partial charge >= 0.3 is 0 Å². The van der Waals surface area contributed by atoms with Crippen molar-refractivity contribution in [2.24, 2.45) is 0 Å². The Kier molecular flexibility index (Phi) is 4.09. The maximum atomic E-state index is 6.06. The summed E-state index contributed by atoms with van der Waals surface area (Å²) in [4.78, 5) is 9.69. The van der Waals surface area contributed by atoms with Gasteiger partial charge in [-0.25, -0.2) is 9.97 Å². The van der Waals surface area contributed by atoms with Crippen LogP contribution in [0.2, 0.25) is 5.15 Å². The molecule has 0 aliphatic heterocycles. The highest BCUT2D eigenvalue weighted by Gasteiger charge is 2.09. The van der Waals surface area contributed by atoms with Crippen LogP contribution in [0.1, 0.15) is 11.4 Å². The molecule has 0 bridgehead atoms. The first-order chi connectivity index (χ1) is 8.61. The van der Waals surface area contributed by atoms with Crippen LogP contribution in [0, 0.1) is 13.8 Å². The Morgan fingerprint density at radius 1 is 1.17 bits per heavy atom. The molecule has 0 spiro atoms. The maximum Gasteiger partial charge on any atom is 0.138 e. The van der Waals surface area contributed by atoms with Crippen LogP contribution < -0.4 is 5.32 Å². The van der Waals surface area contributed by atoms with Crippen molar-refractivity contribution in [3.8, 4) is 0 Å². The van der Waals surface area contributed by atoms with E-state index in [0.29, 0.717) is 11.0 Å². The number of hydrogen-bond acceptors (Lipinski definition) is 4. The van der Waals surface area contributed by atoms with E-state index in [1.165, 1.54) is 4.90 Å². The predicted octanol–water partition coefficient (Wildman–Crippen LogP) is 4.21. The number of rotatable bonds is 3. The minimum absolute atomic E-state index is 0.492. The number of nitrogens with zero attached hydrogens (tertiary/aromatic N) is 2. The molecule has 5 heteroatoms. The highest BCUT2D eigenvalue weighted by atomic mass is 35.5. The van der Waals surface area contributed by atoms with Gasteiger partial charge in [-0.05, 0) is 32.2 Å². The van der Waals surface area contributed by atoms with E-state index in [1.807, 2.05) is 38.3 Å².